The number of nitrogens with zero attached hydrogens (tertiary/aromatic N) is 7. The highest BCUT2D eigenvalue weighted by atomic mass is 16.6. The number of aryl methyl sites for hydroxylation is 1. The second kappa shape index (κ2) is 9.06. The molecule has 4 atom stereocenters. The third-order valence-electron chi connectivity index (χ3n) is 8.75. The molecule has 2 saturated heterocycles. The fourth-order valence-corrected chi connectivity index (χ4v) is 7.43. The number of aromatic nitrogens is 5. The van der Waals surface area contributed by atoms with Gasteiger partial charge < -0.3 is 15.0 Å². The smallest absolute Gasteiger partial charge is 0.408 e. The van der Waals surface area contributed by atoms with Crippen molar-refractivity contribution < 1.29 is 9.53 Å². The number of nitriles is 1. The molecule has 0 unspecified atom stereocenters. The number of piperidine rings is 2. The molecule has 41 heavy (non-hydrogen) atoms. The summed E-state index contributed by atoms with van der Waals surface area (Å²) in [5.74, 6) is 1.52. The number of hydrogen-bond acceptors (Lipinski definition) is 7. The van der Waals surface area contributed by atoms with Crippen molar-refractivity contribution in [3.63, 3.8) is 0 Å². The van der Waals surface area contributed by atoms with Crippen molar-refractivity contribution in [3.05, 3.63) is 54.7 Å². The van der Waals surface area contributed by atoms with Crippen LogP contribution in [0.2, 0.25) is 0 Å². The van der Waals surface area contributed by atoms with Crippen molar-refractivity contribution in [2.75, 3.05) is 4.90 Å². The summed E-state index contributed by atoms with van der Waals surface area (Å²) >= 11 is 0. The lowest BCUT2D eigenvalue weighted by Gasteiger charge is -2.61. The summed E-state index contributed by atoms with van der Waals surface area (Å²) in [6.45, 7) is 5.91. The van der Waals surface area contributed by atoms with Gasteiger partial charge in [-0.2, -0.15) is 15.5 Å². The monoisotopic (exact) mass is 550 g/mol. The summed E-state index contributed by atoms with van der Waals surface area (Å²) in [5, 5.41) is 21.5. The largest absolute Gasteiger partial charge is 0.443 e. The van der Waals surface area contributed by atoms with E-state index in [9.17, 15) is 10.1 Å². The number of pyridine rings is 2. The molecule has 2 aliphatic carbocycles. The number of amides is 1. The van der Waals surface area contributed by atoms with Crippen molar-refractivity contribution in [2.24, 2.45) is 13.0 Å². The summed E-state index contributed by atoms with van der Waals surface area (Å²) < 4.78 is 9.69. The topological polar surface area (TPSA) is 113 Å². The molecule has 8 rings (SSSR count). The molecule has 4 aromatic heterocycles. The van der Waals surface area contributed by atoms with Gasteiger partial charge in [-0.15, -0.1) is 0 Å². The SMILES string of the molecule is Cn1cc(-c2cc(-c3ccc(N4[C@@H]5C[C@@H]6C[C@H]4C[C@@](OC(=O)NC(C)(C)C)(C6)C5)nc3)c3c(C#N)cnn3c2)cn1. The maximum Gasteiger partial charge on any atom is 0.408 e. The van der Waals surface area contributed by atoms with E-state index in [0.29, 0.717) is 23.6 Å². The molecule has 6 heterocycles. The third kappa shape index (κ3) is 4.49. The predicted octanol–water partition coefficient (Wildman–Crippen LogP) is 5.08. The van der Waals surface area contributed by atoms with E-state index in [0.717, 1.165) is 65.7 Å². The van der Waals surface area contributed by atoms with Gasteiger partial charge in [0, 0.05) is 78.4 Å². The van der Waals surface area contributed by atoms with Crippen molar-refractivity contribution in [1.29, 1.82) is 5.26 Å². The van der Waals surface area contributed by atoms with E-state index >= 15 is 0 Å². The zero-order valence-electron chi connectivity index (χ0n) is 23.8. The quantitative estimate of drug-likeness (QED) is 0.377. The standard InChI is InChI=1S/C31H34N8O2/c1-30(2,3)36-29(40)41-31-10-19-7-24(11-31)39(25(8-19)12-31)27-6-5-20(14-33-27)26-9-21(23-16-34-37(4)17-23)18-38-28(26)22(13-32)15-35-38/h5-6,9,14-19,24-25H,7-8,10-12H2,1-4H3,(H,36,40)/t19-,24-,25+,31-. The van der Waals surface area contributed by atoms with E-state index in [1.807, 2.05) is 52.6 Å². The van der Waals surface area contributed by atoms with Crippen LogP contribution in [0.15, 0.2) is 49.2 Å². The molecule has 210 valence electrons. The Balaban J connectivity index is 1.18. The Kier molecular flexibility index (Phi) is 5.65. The maximum absolute atomic E-state index is 12.7. The minimum atomic E-state index is -0.393. The highest BCUT2D eigenvalue weighted by Crippen LogP contribution is 2.54. The van der Waals surface area contributed by atoms with Gasteiger partial charge >= 0.3 is 6.09 Å². The summed E-state index contributed by atoms with van der Waals surface area (Å²) in [6.07, 6.45) is 13.7. The van der Waals surface area contributed by atoms with Crippen LogP contribution in [0.4, 0.5) is 10.6 Å². The number of hydrogen-bond donors (Lipinski definition) is 1. The average Bonchev–Trinajstić information content (AvgIpc) is 3.52. The zero-order valence-corrected chi connectivity index (χ0v) is 23.8. The Morgan fingerprint density at radius 1 is 1.05 bits per heavy atom. The first kappa shape index (κ1) is 25.6. The van der Waals surface area contributed by atoms with Crippen molar-refractivity contribution in [3.8, 4) is 28.3 Å². The number of carbonyl (C=O) groups excluding carboxylic acids is 1. The predicted molar refractivity (Wildman–Crippen MR) is 154 cm³/mol. The number of ether oxygens (including phenoxy) is 1. The molecule has 4 bridgehead atoms. The first-order valence-corrected chi connectivity index (χ1v) is 14.3. The Morgan fingerprint density at radius 2 is 1.83 bits per heavy atom. The molecule has 4 aromatic rings. The Labute approximate surface area is 238 Å². The van der Waals surface area contributed by atoms with Gasteiger partial charge in [0.15, 0.2) is 0 Å². The number of nitrogens with one attached hydrogen (secondary N) is 1. The van der Waals surface area contributed by atoms with Crippen molar-refractivity contribution >= 4 is 17.4 Å². The van der Waals surface area contributed by atoms with Crippen LogP contribution in [0.5, 0.6) is 0 Å². The van der Waals surface area contributed by atoms with Gasteiger partial charge in [-0.1, -0.05) is 0 Å². The van der Waals surface area contributed by atoms with E-state index in [1.54, 1.807) is 15.4 Å². The molecule has 4 fully saturated rings. The van der Waals surface area contributed by atoms with Crippen LogP contribution in [0.3, 0.4) is 0 Å². The molecular formula is C31H34N8O2. The lowest BCUT2D eigenvalue weighted by molar-refractivity contribution is -0.0944. The van der Waals surface area contributed by atoms with Gasteiger partial charge in [-0.05, 0) is 64.2 Å². The molecule has 0 aromatic carbocycles. The molecule has 0 radical (unpaired) electrons. The Hall–Kier alpha value is -4.39. The van der Waals surface area contributed by atoms with Gasteiger partial charge in [-0.25, -0.2) is 14.3 Å². The number of alkyl carbamates (subject to hydrolysis) is 1. The van der Waals surface area contributed by atoms with Crippen LogP contribution in [-0.4, -0.2) is 53.7 Å². The third-order valence-corrected chi connectivity index (χ3v) is 8.75. The second-order valence-corrected chi connectivity index (χ2v) is 13.0. The van der Waals surface area contributed by atoms with E-state index in [4.69, 9.17) is 9.72 Å². The summed E-state index contributed by atoms with van der Waals surface area (Å²) in [6, 6.07) is 9.13. The van der Waals surface area contributed by atoms with Gasteiger partial charge in [0.1, 0.15) is 17.5 Å². The van der Waals surface area contributed by atoms with Gasteiger partial charge in [0.2, 0.25) is 0 Å². The minimum absolute atomic E-state index is 0.294. The minimum Gasteiger partial charge on any atom is -0.443 e. The van der Waals surface area contributed by atoms with E-state index in [-0.39, 0.29) is 11.6 Å². The number of rotatable bonds is 4. The zero-order chi connectivity index (χ0) is 28.5. The molecule has 10 heteroatoms. The van der Waals surface area contributed by atoms with E-state index in [1.165, 1.54) is 0 Å². The van der Waals surface area contributed by atoms with Gasteiger partial charge in [0.05, 0.1) is 23.5 Å². The van der Waals surface area contributed by atoms with Crippen LogP contribution in [0, 0.1) is 17.2 Å². The first-order valence-electron chi connectivity index (χ1n) is 14.3. The highest BCUT2D eigenvalue weighted by Gasteiger charge is 2.57. The normalized spacial score (nSPS) is 25.0. The van der Waals surface area contributed by atoms with Gasteiger partial charge in [0.25, 0.3) is 0 Å². The fourth-order valence-electron chi connectivity index (χ4n) is 7.43. The second-order valence-electron chi connectivity index (χ2n) is 13.0. The maximum atomic E-state index is 12.7. The lowest BCUT2D eigenvalue weighted by atomic mass is 9.61. The van der Waals surface area contributed by atoms with E-state index < -0.39 is 5.60 Å². The molecule has 1 amide bonds. The van der Waals surface area contributed by atoms with Crippen LogP contribution < -0.4 is 10.2 Å². The van der Waals surface area contributed by atoms with Gasteiger partial charge in [-0.3, -0.25) is 4.68 Å². The number of carbonyl (C=O) groups is 1. The molecule has 10 nitrogen and oxygen atoms in total. The molecule has 4 aliphatic rings. The summed E-state index contributed by atoms with van der Waals surface area (Å²) in [5.41, 5.74) is 4.32. The van der Waals surface area contributed by atoms with Crippen molar-refractivity contribution in [1.82, 2.24) is 29.7 Å². The summed E-state index contributed by atoms with van der Waals surface area (Å²) in [7, 11) is 1.89. The molecule has 2 saturated carbocycles. The number of fused-ring (bicyclic) bond motifs is 1. The average molecular weight is 551 g/mol. The molecular weight excluding hydrogens is 516 g/mol. The van der Waals surface area contributed by atoms with Crippen LogP contribution in [-0.2, 0) is 11.8 Å². The van der Waals surface area contributed by atoms with Crippen LogP contribution in [0.1, 0.15) is 58.4 Å². The molecule has 0 spiro atoms. The van der Waals surface area contributed by atoms with Crippen LogP contribution >= 0.6 is 0 Å². The lowest BCUT2D eigenvalue weighted by Crippen LogP contribution is -2.66. The van der Waals surface area contributed by atoms with E-state index in [2.05, 4.69) is 44.7 Å². The van der Waals surface area contributed by atoms with Crippen molar-refractivity contribution in [2.45, 2.75) is 76.1 Å². The first-order chi connectivity index (χ1) is 19.6. The number of anilines is 1. The summed E-state index contributed by atoms with van der Waals surface area (Å²) in [4.78, 5) is 20.1. The van der Waals surface area contributed by atoms with Crippen LogP contribution in [0.25, 0.3) is 27.8 Å². The Morgan fingerprint density at radius 3 is 2.46 bits per heavy atom. The molecule has 1 N–H and O–H groups in total. The molecule has 2 aliphatic heterocycles. The fraction of sp³-hybridized carbons (Fsp3) is 0.452. The Bertz CT molecular complexity index is 1670. The highest BCUT2D eigenvalue weighted by molar-refractivity contribution is 5.87.